The van der Waals surface area contributed by atoms with Gasteiger partial charge >= 0.3 is 0 Å². The van der Waals surface area contributed by atoms with Crippen LogP contribution in [0.25, 0.3) is 0 Å². The first-order valence-electron chi connectivity index (χ1n) is 9.19. The summed E-state index contributed by atoms with van der Waals surface area (Å²) in [6, 6.07) is 0.291. The molecule has 0 bridgehead atoms. The predicted octanol–water partition coefficient (Wildman–Crippen LogP) is 1.62. The van der Waals surface area contributed by atoms with E-state index in [4.69, 9.17) is 9.15 Å². The molecular formula is C18H25N3O4. The van der Waals surface area contributed by atoms with E-state index in [-0.39, 0.29) is 11.8 Å². The minimum absolute atomic E-state index is 0.150. The summed E-state index contributed by atoms with van der Waals surface area (Å²) in [5.74, 6) is 0.375. The van der Waals surface area contributed by atoms with Gasteiger partial charge in [-0.05, 0) is 39.0 Å². The molecule has 4 rings (SSSR count). The van der Waals surface area contributed by atoms with Crippen LogP contribution in [-0.4, -0.2) is 65.5 Å². The molecule has 1 aromatic rings. The number of ether oxygens (including phenoxy) is 1. The Morgan fingerprint density at radius 3 is 2.80 bits per heavy atom. The molecule has 3 aliphatic rings. The number of carbonyl (C=O) groups excluding carboxylic acids is 2. The number of nitrogens with zero attached hydrogens (tertiary/aromatic N) is 3. The number of likely N-dealkylation sites (tertiary alicyclic amines) is 2. The molecule has 7 heteroatoms. The van der Waals surface area contributed by atoms with Crippen LogP contribution < -0.4 is 0 Å². The monoisotopic (exact) mass is 347 g/mol. The van der Waals surface area contributed by atoms with E-state index in [2.05, 4.69) is 9.88 Å². The Kier molecular flexibility index (Phi) is 4.27. The fourth-order valence-corrected chi connectivity index (χ4v) is 4.52. The predicted molar refractivity (Wildman–Crippen MR) is 89.0 cm³/mol. The van der Waals surface area contributed by atoms with Crippen molar-refractivity contribution in [3.63, 3.8) is 0 Å². The summed E-state index contributed by atoms with van der Waals surface area (Å²) in [7, 11) is 0. The topological polar surface area (TPSA) is 75.9 Å². The van der Waals surface area contributed by atoms with Crippen molar-refractivity contribution in [3.05, 3.63) is 17.8 Å². The third kappa shape index (κ3) is 2.84. The lowest BCUT2D eigenvalue weighted by Gasteiger charge is -2.44. The van der Waals surface area contributed by atoms with Crippen molar-refractivity contribution in [2.45, 2.75) is 45.1 Å². The minimum atomic E-state index is -0.417. The van der Waals surface area contributed by atoms with Gasteiger partial charge in [-0.15, -0.1) is 0 Å². The van der Waals surface area contributed by atoms with E-state index in [1.165, 1.54) is 6.39 Å². The fraction of sp³-hybridized carbons (Fsp3) is 0.722. The van der Waals surface area contributed by atoms with Gasteiger partial charge in [-0.3, -0.25) is 9.59 Å². The highest BCUT2D eigenvalue weighted by atomic mass is 16.5. The van der Waals surface area contributed by atoms with Crippen LogP contribution in [0.3, 0.4) is 0 Å². The van der Waals surface area contributed by atoms with Gasteiger partial charge in [0.05, 0.1) is 11.1 Å². The molecule has 136 valence electrons. The number of oxazole rings is 1. The maximum atomic E-state index is 13.3. The van der Waals surface area contributed by atoms with Crippen molar-refractivity contribution in [1.29, 1.82) is 0 Å². The molecule has 1 aromatic heterocycles. The zero-order valence-corrected chi connectivity index (χ0v) is 14.7. The molecule has 3 saturated heterocycles. The molecule has 0 aliphatic carbocycles. The SMILES string of the molecule is Cc1ncoc1C(=O)N1CC[C@]2(CCCN(C3CCOCC3)C2=O)C1. The highest BCUT2D eigenvalue weighted by Gasteiger charge is 2.51. The van der Waals surface area contributed by atoms with Gasteiger partial charge in [0.25, 0.3) is 5.91 Å². The van der Waals surface area contributed by atoms with Crippen LogP contribution in [0.5, 0.6) is 0 Å². The first kappa shape index (κ1) is 16.6. The van der Waals surface area contributed by atoms with Gasteiger partial charge in [0.1, 0.15) is 0 Å². The second-order valence-electron chi connectivity index (χ2n) is 7.47. The highest BCUT2D eigenvalue weighted by molar-refractivity contribution is 5.94. The van der Waals surface area contributed by atoms with E-state index in [1.54, 1.807) is 11.8 Å². The third-order valence-electron chi connectivity index (χ3n) is 5.98. The molecule has 3 fully saturated rings. The van der Waals surface area contributed by atoms with Crippen molar-refractivity contribution in [1.82, 2.24) is 14.8 Å². The molecule has 4 heterocycles. The van der Waals surface area contributed by atoms with Gasteiger partial charge in [-0.25, -0.2) is 4.98 Å². The Bertz CT molecular complexity index is 667. The van der Waals surface area contributed by atoms with Crippen LogP contribution in [0, 0.1) is 12.3 Å². The minimum Gasteiger partial charge on any atom is -0.438 e. The molecule has 1 atom stereocenters. The van der Waals surface area contributed by atoms with Crippen LogP contribution in [0.2, 0.25) is 0 Å². The maximum absolute atomic E-state index is 13.3. The van der Waals surface area contributed by atoms with E-state index < -0.39 is 5.41 Å². The van der Waals surface area contributed by atoms with Gasteiger partial charge in [0.2, 0.25) is 11.7 Å². The van der Waals surface area contributed by atoms with Crippen LogP contribution in [0.15, 0.2) is 10.8 Å². The lowest BCUT2D eigenvalue weighted by Crippen LogP contribution is -2.55. The number of aromatic nitrogens is 1. The van der Waals surface area contributed by atoms with Crippen molar-refractivity contribution < 1.29 is 18.7 Å². The van der Waals surface area contributed by atoms with E-state index in [9.17, 15) is 9.59 Å². The summed E-state index contributed by atoms with van der Waals surface area (Å²) in [6.07, 6.45) is 5.75. The van der Waals surface area contributed by atoms with Crippen LogP contribution >= 0.6 is 0 Å². The molecule has 0 saturated carbocycles. The number of piperidine rings is 1. The van der Waals surface area contributed by atoms with Gasteiger partial charge in [-0.2, -0.15) is 0 Å². The molecule has 1 spiro atoms. The average Bonchev–Trinajstić information content (AvgIpc) is 3.25. The number of aryl methyl sites for hydroxylation is 1. The first-order valence-corrected chi connectivity index (χ1v) is 9.19. The number of amides is 2. The summed E-state index contributed by atoms with van der Waals surface area (Å²) in [6.45, 7) is 5.16. The lowest BCUT2D eigenvalue weighted by atomic mass is 9.77. The Hall–Kier alpha value is -1.89. The number of rotatable bonds is 2. The van der Waals surface area contributed by atoms with Crippen molar-refractivity contribution >= 4 is 11.8 Å². The summed E-state index contributed by atoms with van der Waals surface area (Å²) in [4.78, 5) is 33.8. The number of hydrogen-bond acceptors (Lipinski definition) is 5. The second kappa shape index (κ2) is 6.44. The molecule has 3 aliphatic heterocycles. The molecule has 0 N–H and O–H groups in total. The molecule has 0 aromatic carbocycles. The zero-order chi connectivity index (χ0) is 17.4. The lowest BCUT2D eigenvalue weighted by molar-refractivity contribution is -0.150. The summed E-state index contributed by atoms with van der Waals surface area (Å²) in [5, 5.41) is 0. The first-order chi connectivity index (χ1) is 12.1. The van der Waals surface area contributed by atoms with Gasteiger partial charge in [-0.1, -0.05) is 0 Å². The quantitative estimate of drug-likeness (QED) is 0.812. The zero-order valence-electron chi connectivity index (χ0n) is 14.7. The third-order valence-corrected chi connectivity index (χ3v) is 5.98. The second-order valence-corrected chi connectivity index (χ2v) is 7.47. The van der Waals surface area contributed by atoms with Crippen molar-refractivity contribution in [3.8, 4) is 0 Å². The van der Waals surface area contributed by atoms with E-state index in [0.717, 1.165) is 51.9 Å². The largest absolute Gasteiger partial charge is 0.438 e. The van der Waals surface area contributed by atoms with E-state index >= 15 is 0 Å². The summed E-state index contributed by atoms with van der Waals surface area (Å²) >= 11 is 0. The van der Waals surface area contributed by atoms with Crippen LogP contribution in [0.1, 0.15) is 48.4 Å². The molecule has 7 nitrogen and oxygen atoms in total. The Morgan fingerprint density at radius 1 is 1.28 bits per heavy atom. The highest BCUT2D eigenvalue weighted by Crippen LogP contribution is 2.41. The number of carbonyl (C=O) groups is 2. The van der Waals surface area contributed by atoms with Crippen LogP contribution in [-0.2, 0) is 9.53 Å². The van der Waals surface area contributed by atoms with Crippen molar-refractivity contribution in [2.75, 3.05) is 32.8 Å². The molecular weight excluding hydrogens is 322 g/mol. The Morgan fingerprint density at radius 2 is 2.08 bits per heavy atom. The average molecular weight is 347 g/mol. The Balaban J connectivity index is 1.49. The standard InChI is InChI=1S/C18H25N3O4/c1-13-15(25-12-19-13)16(22)20-8-6-18(11-20)5-2-7-21(17(18)23)14-3-9-24-10-4-14/h12,14H,2-11H2,1H3/t18-/m1/s1. The Labute approximate surface area is 147 Å². The normalized spacial score (nSPS) is 28.1. The van der Waals surface area contributed by atoms with E-state index in [0.29, 0.717) is 30.6 Å². The van der Waals surface area contributed by atoms with Gasteiger partial charge in [0.15, 0.2) is 6.39 Å². The van der Waals surface area contributed by atoms with Gasteiger partial charge in [0, 0.05) is 38.9 Å². The molecule has 2 amide bonds. The number of hydrogen-bond donors (Lipinski definition) is 0. The van der Waals surface area contributed by atoms with Gasteiger partial charge < -0.3 is 19.0 Å². The van der Waals surface area contributed by atoms with Crippen molar-refractivity contribution in [2.24, 2.45) is 5.41 Å². The summed E-state index contributed by atoms with van der Waals surface area (Å²) in [5.41, 5.74) is 0.185. The molecule has 0 radical (unpaired) electrons. The fourth-order valence-electron chi connectivity index (χ4n) is 4.52. The summed E-state index contributed by atoms with van der Waals surface area (Å²) < 4.78 is 10.7. The molecule has 0 unspecified atom stereocenters. The molecule has 25 heavy (non-hydrogen) atoms. The smallest absolute Gasteiger partial charge is 0.291 e. The van der Waals surface area contributed by atoms with Crippen LogP contribution in [0.4, 0.5) is 0 Å². The maximum Gasteiger partial charge on any atom is 0.291 e. The van der Waals surface area contributed by atoms with E-state index in [1.807, 2.05) is 0 Å².